The predicted molar refractivity (Wildman–Crippen MR) is 82.8 cm³/mol. The number of nitrogens with two attached hydrogens (primary N) is 1. The highest BCUT2D eigenvalue weighted by Crippen LogP contribution is 2.37. The highest BCUT2D eigenvalue weighted by Gasteiger charge is 2.24. The van der Waals surface area contributed by atoms with E-state index >= 15 is 0 Å². The minimum absolute atomic E-state index is 0.104. The Morgan fingerprint density at radius 2 is 1.95 bits per heavy atom. The highest BCUT2D eigenvalue weighted by atomic mass is 16.5. The van der Waals surface area contributed by atoms with E-state index in [1.165, 1.54) is 16.7 Å². The number of para-hydroxylation sites is 1. The fraction of sp³-hybridized carbons (Fsp3) is 0.294. The van der Waals surface area contributed by atoms with Crippen molar-refractivity contribution < 1.29 is 4.74 Å². The summed E-state index contributed by atoms with van der Waals surface area (Å²) in [4.78, 5) is 0. The number of aryl methyl sites for hydroxylation is 2. The molecule has 0 aliphatic carbocycles. The van der Waals surface area contributed by atoms with Crippen molar-refractivity contribution in [2.24, 2.45) is 5.73 Å². The van der Waals surface area contributed by atoms with E-state index in [9.17, 15) is 0 Å². The Morgan fingerprint density at radius 1 is 1.20 bits per heavy atom. The Morgan fingerprint density at radius 3 is 2.65 bits per heavy atom. The standard InChI is InChI=1S/C17H20N2O/c1-11-6-12(2)8-14(7-11)19-16-5-3-4-13-9-15(10-18)20-17(13)16/h3-8,15,19H,9-10,18H2,1-2H3. The number of benzene rings is 2. The normalized spacial score (nSPS) is 16.6. The van der Waals surface area contributed by atoms with E-state index in [1.807, 2.05) is 0 Å². The molecule has 3 rings (SSSR count). The van der Waals surface area contributed by atoms with Gasteiger partial charge in [-0.05, 0) is 43.2 Å². The molecule has 3 N–H and O–H groups in total. The van der Waals surface area contributed by atoms with Crippen LogP contribution in [0.25, 0.3) is 0 Å². The first-order valence-electron chi connectivity index (χ1n) is 6.99. The summed E-state index contributed by atoms with van der Waals surface area (Å²) < 4.78 is 5.93. The van der Waals surface area contributed by atoms with Crippen LogP contribution in [-0.4, -0.2) is 12.6 Å². The molecule has 0 amide bonds. The van der Waals surface area contributed by atoms with Gasteiger partial charge in [-0.25, -0.2) is 0 Å². The monoisotopic (exact) mass is 268 g/mol. The van der Waals surface area contributed by atoms with Gasteiger partial charge >= 0.3 is 0 Å². The summed E-state index contributed by atoms with van der Waals surface area (Å²) in [6.07, 6.45) is 1.00. The molecule has 1 heterocycles. The van der Waals surface area contributed by atoms with Gasteiger partial charge in [-0.2, -0.15) is 0 Å². The first-order chi connectivity index (χ1) is 9.65. The van der Waals surface area contributed by atoms with Gasteiger partial charge in [-0.15, -0.1) is 0 Å². The van der Waals surface area contributed by atoms with Gasteiger partial charge in [0.05, 0.1) is 5.69 Å². The maximum absolute atomic E-state index is 5.93. The smallest absolute Gasteiger partial charge is 0.146 e. The van der Waals surface area contributed by atoms with Gasteiger partial charge in [0.2, 0.25) is 0 Å². The predicted octanol–water partition coefficient (Wildman–Crippen LogP) is 3.31. The molecule has 0 bridgehead atoms. The molecule has 20 heavy (non-hydrogen) atoms. The maximum Gasteiger partial charge on any atom is 0.146 e. The molecule has 0 saturated carbocycles. The van der Waals surface area contributed by atoms with Crippen LogP contribution in [-0.2, 0) is 6.42 Å². The minimum atomic E-state index is 0.104. The second-order valence-corrected chi connectivity index (χ2v) is 5.47. The van der Waals surface area contributed by atoms with Crippen LogP contribution in [0, 0.1) is 13.8 Å². The van der Waals surface area contributed by atoms with Gasteiger partial charge in [0.1, 0.15) is 11.9 Å². The van der Waals surface area contributed by atoms with Crippen molar-refractivity contribution in [1.82, 2.24) is 0 Å². The average molecular weight is 268 g/mol. The number of anilines is 2. The van der Waals surface area contributed by atoms with Gasteiger partial charge in [-0.1, -0.05) is 18.2 Å². The van der Waals surface area contributed by atoms with Crippen molar-refractivity contribution in [2.45, 2.75) is 26.4 Å². The minimum Gasteiger partial charge on any atom is -0.486 e. The zero-order valence-electron chi connectivity index (χ0n) is 11.9. The number of hydrogen-bond donors (Lipinski definition) is 2. The molecule has 0 radical (unpaired) electrons. The number of ether oxygens (including phenoxy) is 1. The second kappa shape index (κ2) is 5.17. The highest BCUT2D eigenvalue weighted by molar-refractivity contribution is 5.70. The Bertz CT molecular complexity index is 617. The maximum atomic E-state index is 5.93. The molecule has 3 nitrogen and oxygen atoms in total. The van der Waals surface area contributed by atoms with Crippen LogP contribution in [0.5, 0.6) is 5.75 Å². The zero-order valence-corrected chi connectivity index (χ0v) is 11.9. The van der Waals surface area contributed by atoms with Crippen LogP contribution < -0.4 is 15.8 Å². The topological polar surface area (TPSA) is 47.3 Å². The van der Waals surface area contributed by atoms with E-state index < -0.39 is 0 Å². The fourth-order valence-corrected chi connectivity index (χ4v) is 2.77. The lowest BCUT2D eigenvalue weighted by atomic mass is 10.1. The lowest BCUT2D eigenvalue weighted by molar-refractivity contribution is 0.242. The zero-order chi connectivity index (χ0) is 14.1. The van der Waals surface area contributed by atoms with Gasteiger partial charge < -0.3 is 15.8 Å². The third-order valence-electron chi connectivity index (χ3n) is 3.59. The van der Waals surface area contributed by atoms with E-state index in [-0.39, 0.29) is 6.10 Å². The third kappa shape index (κ3) is 2.49. The van der Waals surface area contributed by atoms with Crippen molar-refractivity contribution in [1.29, 1.82) is 0 Å². The molecule has 0 spiro atoms. The summed E-state index contributed by atoms with van der Waals surface area (Å²) >= 11 is 0. The number of hydrogen-bond acceptors (Lipinski definition) is 3. The molecule has 1 aliphatic rings. The van der Waals surface area contributed by atoms with Crippen LogP contribution in [0.3, 0.4) is 0 Å². The Hall–Kier alpha value is -2.00. The molecule has 1 atom stereocenters. The van der Waals surface area contributed by atoms with Crippen LogP contribution in [0.1, 0.15) is 16.7 Å². The Labute approximate surface area is 119 Å². The third-order valence-corrected chi connectivity index (χ3v) is 3.59. The molecule has 3 heteroatoms. The van der Waals surface area contributed by atoms with Crippen LogP contribution in [0.2, 0.25) is 0 Å². The molecular weight excluding hydrogens is 248 g/mol. The molecular formula is C17H20N2O. The van der Waals surface area contributed by atoms with E-state index in [1.54, 1.807) is 0 Å². The van der Waals surface area contributed by atoms with Gasteiger partial charge in [0.15, 0.2) is 0 Å². The van der Waals surface area contributed by atoms with E-state index in [0.29, 0.717) is 6.54 Å². The number of nitrogens with one attached hydrogen (secondary N) is 1. The molecule has 0 saturated heterocycles. The molecule has 2 aromatic rings. The van der Waals surface area contributed by atoms with Crippen LogP contribution >= 0.6 is 0 Å². The Balaban J connectivity index is 1.91. The van der Waals surface area contributed by atoms with Crippen molar-refractivity contribution in [3.05, 3.63) is 53.1 Å². The summed E-state index contributed by atoms with van der Waals surface area (Å²) in [6, 6.07) is 12.7. The molecule has 2 aromatic carbocycles. The lowest BCUT2D eigenvalue weighted by Gasteiger charge is -2.13. The molecule has 1 aliphatic heterocycles. The summed E-state index contributed by atoms with van der Waals surface area (Å²) in [6.45, 7) is 4.76. The van der Waals surface area contributed by atoms with Crippen molar-refractivity contribution >= 4 is 11.4 Å². The summed E-state index contributed by atoms with van der Waals surface area (Å²) in [7, 11) is 0. The van der Waals surface area contributed by atoms with Crippen LogP contribution in [0.15, 0.2) is 36.4 Å². The molecule has 104 valence electrons. The van der Waals surface area contributed by atoms with Gasteiger partial charge in [-0.3, -0.25) is 0 Å². The SMILES string of the molecule is Cc1cc(C)cc(Nc2cccc3c2OC(CN)C3)c1. The molecule has 0 aromatic heterocycles. The lowest BCUT2D eigenvalue weighted by Crippen LogP contribution is -2.24. The summed E-state index contributed by atoms with van der Waals surface area (Å²) in [5.74, 6) is 0.946. The average Bonchev–Trinajstić information content (AvgIpc) is 2.81. The van der Waals surface area contributed by atoms with Gasteiger partial charge in [0.25, 0.3) is 0 Å². The van der Waals surface area contributed by atoms with E-state index in [0.717, 1.165) is 23.5 Å². The molecule has 0 fully saturated rings. The van der Waals surface area contributed by atoms with Crippen molar-refractivity contribution in [3.8, 4) is 5.75 Å². The van der Waals surface area contributed by atoms with Gasteiger partial charge in [0, 0.05) is 24.2 Å². The van der Waals surface area contributed by atoms with E-state index in [2.05, 4.69) is 55.6 Å². The quantitative estimate of drug-likeness (QED) is 0.897. The fourth-order valence-electron chi connectivity index (χ4n) is 2.77. The largest absolute Gasteiger partial charge is 0.486 e. The van der Waals surface area contributed by atoms with Crippen molar-refractivity contribution in [3.63, 3.8) is 0 Å². The first kappa shape index (κ1) is 13.0. The van der Waals surface area contributed by atoms with E-state index in [4.69, 9.17) is 10.5 Å². The number of fused-ring (bicyclic) bond motifs is 1. The molecule has 1 unspecified atom stereocenters. The summed E-state index contributed by atoms with van der Waals surface area (Å²) in [5, 5.41) is 3.46. The Kier molecular flexibility index (Phi) is 3.36. The van der Waals surface area contributed by atoms with Crippen LogP contribution in [0.4, 0.5) is 11.4 Å². The van der Waals surface area contributed by atoms with Crippen molar-refractivity contribution in [2.75, 3.05) is 11.9 Å². The second-order valence-electron chi connectivity index (χ2n) is 5.47. The first-order valence-corrected chi connectivity index (χ1v) is 6.99. The number of rotatable bonds is 3. The summed E-state index contributed by atoms with van der Waals surface area (Å²) in [5.41, 5.74) is 11.6.